The van der Waals surface area contributed by atoms with E-state index in [1.807, 2.05) is 43.3 Å². The first-order chi connectivity index (χ1) is 11.1. The Morgan fingerprint density at radius 2 is 2.09 bits per heavy atom. The summed E-state index contributed by atoms with van der Waals surface area (Å²) < 4.78 is 5.71. The maximum absolute atomic E-state index is 12.5. The molecule has 1 amide bonds. The first kappa shape index (κ1) is 16.0. The second-order valence-electron chi connectivity index (χ2n) is 5.91. The van der Waals surface area contributed by atoms with Gasteiger partial charge in [0.2, 0.25) is 0 Å². The fourth-order valence-corrected chi connectivity index (χ4v) is 2.90. The number of aromatic nitrogens is 1. The van der Waals surface area contributed by atoms with Crippen molar-refractivity contribution in [2.45, 2.75) is 31.9 Å². The van der Waals surface area contributed by atoms with Gasteiger partial charge in [-0.1, -0.05) is 29.8 Å². The van der Waals surface area contributed by atoms with Crippen LogP contribution in [0.3, 0.4) is 0 Å². The minimum atomic E-state index is -0.608. The predicted octanol–water partition coefficient (Wildman–Crippen LogP) is 4.05. The molecule has 0 radical (unpaired) electrons. The van der Waals surface area contributed by atoms with Gasteiger partial charge in [0.05, 0.1) is 5.69 Å². The first-order valence-electron chi connectivity index (χ1n) is 7.75. The zero-order valence-electron chi connectivity index (χ0n) is 13.0. The summed E-state index contributed by atoms with van der Waals surface area (Å²) in [5, 5.41) is 3.59. The third-order valence-corrected chi connectivity index (χ3v) is 4.18. The first-order valence-corrected chi connectivity index (χ1v) is 8.13. The summed E-state index contributed by atoms with van der Waals surface area (Å²) in [4.78, 5) is 16.9. The largest absolute Gasteiger partial charge is 0.356 e. The molecule has 0 aliphatic carbocycles. The van der Waals surface area contributed by atoms with Crippen molar-refractivity contribution in [2.75, 3.05) is 6.61 Å². The van der Waals surface area contributed by atoms with E-state index in [4.69, 9.17) is 16.3 Å². The second kappa shape index (κ2) is 6.69. The second-order valence-corrected chi connectivity index (χ2v) is 6.35. The average Bonchev–Trinajstić information content (AvgIpc) is 2.55. The summed E-state index contributed by atoms with van der Waals surface area (Å²) >= 11 is 6.02. The van der Waals surface area contributed by atoms with Gasteiger partial charge in [-0.3, -0.25) is 4.79 Å². The van der Waals surface area contributed by atoms with E-state index in [1.54, 1.807) is 6.07 Å². The minimum Gasteiger partial charge on any atom is -0.356 e. The molecule has 2 heterocycles. The number of nitrogens with one attached hydrogen (secondary N) is 1. The molecule has 0 spiro atoms. The zero-order valence-corrected chi connectivity index (χ0v) is 13.8. The van der Waals surface area contributed by atoms with E-state index in [2.05, 4.69) is 10.3 Å². The van der Waals surface area contributed by atoms with Crippen LogP contribution in [0.4, 0.5) is 0 Å². The van der Waals surface area contributed by atoms with E-state index in [0.29, 0.717) is 17.3 Å². The van der Waals surface area contributed by atoms with E-state index >= 15 is 0 Å². The van der Waals surface area contributed by atoms with Crippen LogP contribution in [0.25, 0.3) is 11.3 Å². The number of amides is 1. The van der Waals surface area contributed by atoms with Crippen molar-refractivity contribution in [3.8, 4) is 11.3 Å². The topological polar surface area (TPSA) is 51.2 Å². The molecule has 1 saturated heterocycles. The van der Waals surface area contributed by atoms with E-state index < -0.39 is 5.72 Å². The van der Waals surface area contributed by atoms with Crippen molar-refractivity contribution in [2.24, 2.45) is 0 Å². The highest BCUT2D eigenvalue weighted by molar-refractivity contribution is 6.30. The summed E-state index contributed by atoms with van der Waals surface area (Å²) in [5.74, 6) is -0.224. The lowest BCUT2D eigenvalue weighted by Gasteiger charge is -2.34. The van der Waals surface area contributed by atoms with Crippen LogP contribution < -0.4 is 5.32 Å². The number of hydrogen-bond acceptors (Lipinski definition) is 3. The third-order valence-electron chi connectivity index (χ3n) is 3.95. The molecule has 0 bridgehead atoms. The van der Waals surface area contributed by atoms with Crippen molar-refractivity contribution < 1.29 is 9.53 Å². The molecule has 1 aromatic heterocycles. The van der Waals surface area contributed by atoms with Gasteiger partial charge in [0.25, 0.3) is 5.91 Å². The monoisotopic (exact) mass is 330 g/mol. The molecular formula is C18H19ClN2O2. The fourth-order valence-electron chi connectivity index (χ4n) is 2.71. The lowest BCUT2D eigenvalue weighted by molar-refractivity contribution is -0.0811. The van der Waals surface area contributed by atoms with Gasteiger partial charge >= 0.3 is 0 Å². The van der Waals surface area contributed by atoms with Crippen LogP contribution in [0.5, 0.6) is 0 Å². The number of hydrogen-bond donors (Lipinski definition) is 1. The van der Waals surface area contributed by atoms with Crippen LogP contribution in [-0.4, -0.2) is 23.2 Å². The molecule has 1 aromatic carbocycles. The number of carbonyl (C=O) groups excluding carboxylic acids is 1. The maximum Gasteiger partial charge on any atom is 0.272 e. The lowest BCUT2D eigenvalue weighted by Crippen LogP contribution is -2.50. The average molecular weight is 331 g/mol. The van der Waals surface area contributed by atoms with Crippen LogP contribution >= 0.6 is 11.6 Å². The molecule has 0 saturated carbocycles. The van der Waals surface area contributed by atoms with Crippen LogP contribution in [0.15, 0.2) is 42.5 Å². The minimum absolute atomic E-state index is 0.224. The Labute approximate surface area is 140 Å². The van der Waals surface area contributed by atoms with Gasteiger partial charge in [-0.15, -0.1) is 0 Å². The number of pyridine rings is 1. The van der Waals surface area contributed by atoms with Gasteiger partial charge in [0.1, 0.15) is 11.4 Å². The van der Waals surface area contributed by atoms with Crippen molar-refractivity contribution in [3.05, 3.63) is 53.2 Å². The Kier molecular flexibility index (Phi) is 4.64. The number of rotatable bonds is 3. The fraction of sp³-hybridized carbons (Fsp3) is 0.333. The number of nitrogens with zero attached hydrogens (tertiary/aromatic N) is 1. The highest BCUT2D eigenvalue weighted by atomic mass is 35.5. The Balaban J connectivity index is 1.80. The van der Waals surface area contributed by atoms with Gasteiger partial charge in [-0.25, -0.2) is 4.98 Å². The molecule has 1 N–H and O–H groups in total. The number of benzene rings is 1. The Morgan fingerprint density at radius 3 is 2.83 bits per heavy atom. The normalized spacial score (nSPS) is 21.0. The lowest BCUT2D eigenvalue weighted by atomic mass is 10.0. The molecule has 2 aromatic rings. The van der Waals surface area contributed by atoms with E-state index in [9.17, 15) is 4.79 Å². The molecule has 1 aliphatic heterocycles. The van der Waals surface area contributed by atoms with Gasteiger partial charge in [0, 0.05) is 17.2 Å². The third kappa shape index (κ3) is 3.89. The molecule has 120 valence electrons. The number of ether oxygens (including phenoxy) is 1. The molecule has 1 aliphatic rings. The van der Waals surface area contributed by atoms with Crippen LogP contribution in [-0.2, 0) is 4.74 Å². The number of carbonyl (C=O) groups is 1. The van der Waals surface area contributed by atoms with E-state index in [-0.39, 0.29) is 5.91 Å². The molecule has 1 unspecified atom stereocenters. The molecule has 5 heteroatoms. The standard InChI is InChI=1S/C18H19ClN2O2/c1-18(10-2-3-11-23-18)21-17(22)16-9-5-8-15(20-16)13-6-4-7-14(19)12-13/h4-9,12H,2-3,10-11H2,1H3,(H,21,22). The zero-order chi connectivity index (χ0) is 16.3. The number of halogens is 1. The Bertz CT molecular complexity index is 712. The van der Waals surface area contributed by atoms with Crippen LogP contribution in [0, 0.1) is 0 Å². The van der Waals surface area contributed by atoms with Gasteiger partial charge < -0.3 is 10.1 Å². The highest BCUT2D eigenvalue weighted by Crippen LogP contribution is 2.23. The Morgan fingerprint density at radius 1 is 1.26 bits per heavy atom. The SMILES string of the molecule is CC1(NC(=O)c2cccc(-c3cccc(Cl)c3)n2)CCCCO1. The molecule has 3 rings (SSSR count). The quantitative estimate of drug-likeness (QED) is 0.923. The summed E-state index contributed by atoms with van der Waals surface area (Å²) in [5.41, 5.74) is 1.36. The molecular weight excluding hydrogens is 312 g/mol. The molecule has 1 atom stereocenters. The maximum atomic E-state index is 12.5. The summed E-state index contributed by atoms with van der Waals surface area (Å²) in [6.07, 6.45) is 2.90. The summed E-state index contributed by atoms with van der Waals surface area (Å²) in [7, 11) is 0. The van der Waals surface area contributed by atoms with Gasteiger partial charge in [-0.2, -0.15) is 0 Å². The van der Waals surface area contributed by atoms with Gasteiger partial charge in [0.15, 0.2) is 0 Å². The summed E-state index contributed by atoms with van der Waals surface area (Å²) in [6.45, 7) is 2.58. The van der Waals surface area contributed by atoms with E-state index in [0.717, 1.165) is 30.5 Å². The van der Waals surface area contributed by atoms with Crippen molar-refractivity contribution in [1.82, 2.24) is 10.3 Å². The molecule has 23 heavy (non-hydrogen) atoms. The summed E-state index contributed by atoms with van der Waals surface area (Å²) in [6, 6.07) is 12.8. The Hall–Kier alpha value is -1.91. The van der Waals surface area contributed by atoms with Crippen LogP contribution in [0.1, 0.15) is 36.7 Å². The molecule has 4 nitrogen and oxygen atoms in total. The highest BCUT2D eigenvalue weighted by Gasteiger charge is 2.30. The van der Waals surface area contributed by atoms with Crippen molar-refractivity contribution >= 4 is 17.5 Å². The van der Waals surface area contributed by atoms with Crippen LogP contribution in [0.2, 0.25) is 5.02 Å². The molecule has 1 fully saturated rings. The van der Waals surface area contributed by atoms with Crippen molar-refractivity contribution in [3.63, 3.8) is 0 Å². The smallest absolute Gasteiger partial charge is 0.272 e. The van der Waals surface area contributed by atoms with Crippen molar-refractivity contribution in [1.29, 1.82) is 0 Å². The van der Waals surface area contributed by atoms with E-state index in [1.165, 1.54) is 0 Å². The van der Waals surface area contributed by atoms with Gasteiger partial charge in [-0.05, 0) is 50.5 Å². The predicted molar refractivity (Wildman–Crippen MR) is 90.4 cm³/mol.